The minimum absolute atomic E-state index is 0.0312. The lowest BCUT2D eigenvalue weighted by Gasteiger charge is -2.35. The Morgan fingerprint density at radius 2 is 2.05 bits per heavy atom. The van der Waals surface area contributed by atoms with E-state index >= 15 is 0 Å². The van der Waals surface area contributed by atoms with Gasteiger partial charge in [0.1, 0.15) is 17.9 Å². The number of aromatic nitrogens is 1. The van der Waals surface area contributed by atoms with Crippen molar-refractivity contribution in [3.8, 4) is 0 Å². The van der Waals surface area contributed by atoms with Crippen molar-refractivity contribution in [2.45, 2.75) is 0 Å². The smallest absolute Gasteiger partial charge is 0.289 e. The van der Waals surface area contributed by atoms with Crippen LogP contribution in [-0.4, -0.2) is 52.8 Å². The van der Waals surface area contributed by atoms with Gasteiger partial charge >= 0.3 is 0 Å². The number of amides is 1. The monoisotopic (exact) mass is 318 g/mol. The average molecular weight is 319 g/mol. The first-order valence-electron chi connectivity index (χ1n) is 5.91. The highest BCUT2D eigenvalue weighted by Gasteiger charge is 2.23. The first kappa shape index (κ1) is 14.8. The van der Waals surface area contributed by atoms with Gasteiger partial charge in [-0.25, -0.2) is 4.98 Å². The third-order valence-corrected chi connectivity index (χ3v) is 3.57. The first-order valence-corrected chi connectivity index (χ1v) is 6.83. The summed E-state index contributed by atoms with van der Waals surface area (Å²) in [4.78, 5) is 29.1. The Hall–Kier alpha value is -1.60. The zero-order valence-electron chi connectivity index (χ0n) is 10.5. The summed E-state index contributed by atoms with van der Waals surface area (Å²) in [6.45, 7) is 2.18. The van der Waals surface area contributed by atoms with Crippen LogP contribution in [0.2, 0.25) is 5.02 Å². The maximum atomic E-state index is 11.5. The van der Waals surface area contributed by atoms with Gasteiger partial charge in [0.25, 0.3) is 5.69 Å². The van der Waals surface area contributed by atoms with Crippen molar-refractivity contribution in [2.75, 3.05) is 37.0 Å². The second-order valence-corrected chi connectivity index (χ2v) is 4.93. The molecule has 0 radical (unpaired) electrons. The number of piperazine rings is 1. The van der Waals surface area contributed by atoms with E-state index in [1.165, 1.54) is 12.3 Å². The largest absolute Gasteiger partial charge is 0.352 e. The van der Waals surface area contributed by atoms with Crippen LogP contribution in [0.25, 0.3) is 0 Å². The van der Waals surface area contributed by atoms with Crippen LogP contribution < -0.4 is 4.90 Å². The summed E-state index contributed by atoms with van der Waals surface area (Å²) < 4.78 is 0. The SMILES string of the molecule is O=C(CCl)N1CCN(c2ncc([N+](=O)[O-])cc2Cl)CC1. The number of hydrogen-bond acceptors (Lipinski definition) is 5. The summed E-state index contributed by atoms with van der Waals surface area (Å²) in [7, 11) is 0. The topological polar surface area (TPSA) is 79.6 Å². The number of pyridine rings is 1. The third kappa shape index (κ3) is 3.10. The Balaban J connectivity index is 2.07. The molecule has 0 bridgehead atoms. The van der Waals surface area contributed by atoms with Gasteiger partial charge in [0.2, 0.25) is 5.91 Å². The lowest BCUT2D eigenvalue weighted by molar-refractivity contribution is -0.385. The van der Waals surface area contributed by atoms with Crippen molar-refractivity contribution in [3.63, 3.8) is 0 Å². The zero-order valence-corrected chi connectivity index (χ0v) is 12.0. The lowest BCUT2D eigenvalue weighted by Crippen LogP contribution is -2.49. The number of anilines is 1. The van der Waals surface area contributed by atoms with Crippen molar-refractivity contribution in [3.05, 3.63) is 27.4 Å². The molecule has 108 valence electrons. The maximum absolute atomic E-state index is 11.5. The average Bonchev–Trinajstić information content (AvgIpc) is 2.46. The highest BCUT2D eigenvalue weighted by Crippen LogP contribution is 2.27. The van der Waals surface area contributed by atoms with Crippen molar-refractivity contribution < 1.29 is 9.72 Å². The van der Waals surface area contributed by atoms with Crippen molar-refractivity contribution in [1.29, 1.82) is 0 Å². The van der Waals surface area contributed by atoms with Gasteiger partial charge in [0, 0.05) is 32.2 Å². The van der Waals surface area contributed by atoms with E-state index in [1.807, 2.05) is 4.90 Å². The van der Waals surface area contributed by atoms with Crippen LogP contribution in [-0.2, 0) is 4.79 Å². The minimum atomic E-state index is -0.542. The standard InChI is InChI=1S/C11H12Cl2N4O3/c12-6-10(18)15-1-3-16(4-2-15)11-9(13)5-8(7-14-11)17(19)20/h5,7H,1-4,6H2. The van der Waals surface area contributed by atoms with Gasteiger partial charge in [0.15, 0.2) is 0 Å². The van der Waals surface area contributed by atoms with E-state index in [4.69, 9.17) is 23.2 Å². The van der Waals surface area contributed by atoms with Crippen LogP contribution in [0.3, 0.4) is 0 Å². The predicted molar refractivity (Wildman–Crippen MR) is 75.4 cm³/mol. The molecule has 1 saturated heterocycles. The second kappa shape index (κ2) is 6.23. The van der Waals surface area contributed by atoms with Crippen LogP contribution in [0.15, 0.2) is 12.3 Å². The van der Waals surface area contributed by atoms with E-state index in [0.29, 0.717) is 32.0 Å². The summed E-state index contributed by atoms with van der Waals surface area (Å²) in [6, 6.07) is 1.28. The molecule has 0 atom stereocenters. The van der Waals surface area contributed by atoms with E-state index in [0.717, 1.165) is 0 Å². The van der Waals surface area contributed by atoms with Crippen molar-refractivity contribution in [2.24, 2.45) is 0 Å². The molecule has 1 aromatic rings. The molecule has 20 heavy (non-hydrogen) atoms. The molecule has 0 N–H and O–H groups in total. The Kier molecular flexibility index (Phi) is 4.61. The second-order valence-electron chi connectivity index (χ2n) is 4.26. The van der Waals surface area contributed by atoms with Gasteiger partial charge < -0.3 is 9.80 Å². The Morgan fingerprint density at radius 1 is 1.40 bits per heavy atom. The quantitative estimate of drug-likeness (QED) is 0.479. The molecule has 1 fully saturated rings. The highest BCUT2D eigenvalue weighted by molar-refractivity contribution is 6.33. The molecular formula is C11H12Cl2N4O3. The minimum Gasteiger partial charge on any atom is -0.352 e. The van der Waals surface area contributed by atoms with Gasteiger partial charge in [-0.1, -0.05) is 11.6 Å². The molecule has 1 amide bonds. The van der Waals surface area contributed by atoms with Gasteiger partial charge in [-0.15, -0.1) is 11.6 Å². The number of halogens is 2. The van der Waals surface area contributed by atoms with Crippen LogP contribution in [0.1, 0.15) is 0 Å². The van der Waals surface area contributed by atoms with Gasteiger partial charge in [0.05, 0.1) is 9.95 Å². The van der Waals surface area contributed by atoms with Gasteiger partial charge in [-0.2, -0.15) is 0 Å². The molecule has 0 spiro atoms. The maximum Gasteiger partial charge on any atom is 0.289 e. The number of carbonyl (C=O) groups is 1. The molecular weight excluding hydrogens is 307 g/mol. The molecule has 0 unspecified atom stereocenters. The zero-order chi connectivity index (χ0) is 14.7. The lowest BCUT2D eigenvalue weighted by atomic mass is 10.3. The van der Waals surface area contributed by atoms with Crippen molar-refractivity contribution in [1.82, 2.24) is 9.88 Å². The molecule has 1 aliphatic heterocycles. The number of nitrogens with zero attached hydrogens (tertiary/aromatic N) is 4. The molecule has 2 heterocycles. The number of carbonyl (C=O) groups excluding carboxylic acids is 1. The van der Waals surface area contributed by atoms with Gasteiger partial charge in [-0.3, -0.25) is 14.9 Å². The third-order valence-electron chi connectivity index (χ3n) is 3.06. The summed E-state index contributed by atoms with van der Waals surface area (Å²) >= 11 is 11.5. The van der Waals surface area contributed by atoms with E-state index in [2.05, 4.69) is 4.98 Å². The van der Waals surface area contributed by atoms with E-state index < -0.39 is 4.92 Å². The molecule has 2 rings (SSSR count). The fraction of sp³-hybridized carbons (Fsp3) is 0.455. The molecule has 0 saturated carbocycles. The Morgan fingerprint density at radius 3 is 2.55 bits per heavy atom. The Labute approximate surface area is 125 Å². The summed E-state index contributed by atoms with van der Waals surface area (Å²) in [6.07, 6.45) is 1.18. The normalized spacial score (nSPS) is 15.3. The molecule has 9 heteroatoms. The number of nitro groups is 1. The fourth-order valence-electron chi connectivity index (χ4n) is 2.01. The van der Waals surface area contributed by atoms with Crippen LogP contribution in [0.5, 0.6) is 0 Å². The number of hydrogen-bond donors (Lipinski definition) is 0. The van der Waals surface area contributed by atoms with Crippen LogP contribution in [0, 0.1) is 10.1 Å². The predicted octanol–water partition coefficient (Wildman–Crippen LogP) is 1.53. The molecule has 1 aliphatic rings. The van der Waals surface area contributed by atoms with Crippen LogP contribution in [0.4, 0.5) is 11.5 Å². The van der Waals surface area contributed by atoms with E-state index in [1.54, 1.807) is 4.90 Å². The Bertz CT molecular complexity index is 532. The molecule has 0 aliphatic carbocycles. The number of rotatable bonds is 3. The van der Waals surface area contributed by atoms with E-state index in [-0.39, 0.29) is 22.5 Å². The van der Waals surface area contributed by atoms with Crippen molar-refractivity contribution >= 4 is 40.6 Å². The summed E-state index contributed by atoms with van der Waals surface area (Å²) in [5, 5.41) is 10.9. The van der Waals surface area contributed by atoms with Crippen LogP contribution >= 0.6 is 23.2 Å². The number of alkyl halides is 1. The highest BCUT2D eigenvalue weighted by atomic mass is 35.5. The summed E-state index contributed by atoms with van der Waals surface area (Å²) in [5.74, 6) is 0.362. The van der Waals surface area contributed by atoms with Gasteiger partial charge in [-0.05, 0) is 0 Å². The molecule has 0 aromatic carbocycles. The first-order chi connectivity index (χ1) is 9.52. The molecule has 7 nitrogen and oxygen atoms in total. The van der Waals surface area contributed by atoms with E-state index in [9.17, 15) is 14.9 Å². The fourth-order valence-corrected chi connectivity index (χ4v) is 2.45. The molecule has 1 aromatic heterocycles. The summed E-state index contributed by atoms with van der Waals surface area (Å²) in [5.41, 5.74) is -0.144.